The van der Waals surface area contributed by atoms with Gasteiger partial charge in [0.25, 0.3) is 0 Å². The number of ether oxygens (including phenoxy) is 1. The molecule has 1 aromatic heterocycles. The molecule has 5 heteroatoms. The molecule has 2 heterocycles. The van der Waals surface area contributed by atoms with Crippen molar-refractivity contribution in [3.63, 3.8) is 0 Å². The van der Waals surface area contributed by atoms with Gasteiger partial charge in [0.2, 0.25) is 5.89 Å². The number of rotatable bonds is 4. The molecule has 1 fully saturated rings. The van der Waals surface area contributed by atoms with E-state index in [1.54, 1.807) is 7.11 Å². The van der Waals surface area contributed by atoms with Crippen molar-refractivity contribution in [3.05, 3.63) is 41.5 Å². The van der Waals surface area contributed by atoms with Crippen LogP contribution >= 0.6 is 0 Å². The second kappa shape index (κ2) is 6.05. The van der Waals surface area contributed by atoms with Gasteiger partial charge < -0.3 is 14.6 Å². The van der Waals surface area contributed by atoms with Gasteiger partial charge in [-0.2, -0.15) is 4.98 Å². The van der Waals surface area contributed by atoms with Gasteiger partial charge in [-0.1, -0.05) is 29.8 Å². The molecular weight excluding hydrogens is 254 g/mol. The molecule has 0 amide bonds. The van der Waals surface area contributed by atoms with Crippen molar-refractivity contribution < 1.29 is 9.26 Å². The molecule has 1 N–H and O–H groups in total. The van der Waals surface area contributed by atoms with E-state index in [1.165, 1.54) is 12.8 Å². The number of hydrogen-bond donors (Lipinski definition) is 1. The number of benzene rings is 1. The van der Waals surface area contributed by atoms with Crippen LogP contribution < -0.4 is 10.1 Å². The Hall–Kier alpha value is -1.88. The average molecular weight is 273 g/mol. The molecule has 5 nitrogen and oxygen atoms in total. The zero-order valence-corrected chi connectivity index (χ0v) is 11.6. The summed E-state index contributed by atoms with van der Waals surface area (Å²) in [6.45, 7) is 1.02. The van der Waals surface area contributed by atoms with Crippen molar-refractivity contribution >= 4 is 0 Å². The van der Waals surface area contributed by atoms with Crippen molar-refractivity contribution in [2.75, 3.05) is 13.7 Å². The van der Waals surface area contributed by atoms with Crippen LogP contribution in [0, 0.1) is 0 Å². The summed E-state index contributed by atoms with van der Waals surface area (Å²) in [6, 6.07) is 8.12. The van der Waals surface area contributed by atoms with Gasteiger partial charge in [0.15, 0.2) is 5.82 Å². The fraction of sp³-hybridized carbons (Fsp3) is 0.467. The topological polar surface area (TPSA) is 60.2 Å². The van der Waals surface area contributed by atoms with Crippen LogP contribution in [-0.4, -0.2) is 23.8 Å². The van der Waals surface area contributed by atoms with Gasteiger partial charge in [0.1, 0.15) is 5.75 Å². The maximum atomic E-state index is 5.39. The first kappa shape index (κ1) is 13.1. The largest absolute Gasteiger partial charge is 0.496 e. The molecule has 3 rings (SSSR count). The molecule has 1 unspecified atom stereocenters. The summed E-state index contributed by atoms with van der Waals surface area (Å²) in [5.74, 6) is 2.26. The van der Waals surface area contributed by atoms with Gasteiger partial charge in [0, 0.05) is 12.0 Å². The maximum absolute atomic E-state index is 5.39. The van der Waals surface area contributed by atoms with Crippen molar-refractivity contribution in [3.8, 4) is 5.75 Å². The highest BCUT2D eigenvalue weighted by molar-refractivity contribution is 5.35. The Morgan fingerprint density at radius 3 is 3.05 bits per heavy atom. The van der Waals surface area contributed by atoms with Gasteiger partial charge in [-0.05, 0) is 25.5 Å². The molecular formula is C15H19N3O2. The molecule has 0 spiro atoms. The van der Waals surface area contributed by atoms with Gasteiger partial charge in [-0.15, -0.1) is 0 Å². The van der Waals surface area contributed by atoms with Gasteiger partial charge in [-0.3, -0.25) is 0 Å². The van der Waals surface area contributed by atoms with E-state index in [9.17, 15) is 0 Å². The van der Waals surface area contributed by atoms with Crippen molar-refractivity contribution in [1.29, 1.82) is 0 Å². The fourth-order valence-electron chi connectivity index (χ4n) is 2.56. The quantitative estimate of drug-likeness (QED) is 0.927. The van der Waals surface area contributed by atoms with E-state index >= 15 is 0 Å². The Labute approximate surface area is 118 Å². The summed E-state index contributed by atoms with van der Waals surface area (Å²) in [4.78, 5) is 4.51. The summed E-state index contributed by atoms with van der Waals surface area (Å²) in [5, 5.41) is 7.49. The van der Waals surface area contributed by atoms with Crippen LogP contribution in [0.25, 0.3) is 0 Å². The van der Waals surface area contributed by atoms with Crippen molar-refractivity contribution in [2.45, 2.75) is 31.7 Å². The van der Waals surface area contributed by atoms with Crippen LogP contribution in [0.15, 0.2) is 28.8 Å². The summed E-state index contributed by atoms with van der Waals surface area (Å²) >= 11 is 0. The minimum atomic E-state index is 0.211. The van der Waals surface area contributed by atoms with E-state index in [0.717, 1.165) is 24.3 Å². The third-order valence-corrected chi connectivity index (χ3v) is 3.63. The van der Waals surface area contributed by atoms with Gasteiger partial charge >= 0.3 is 0 Å². The molecule has 106 valence electrons. The fourth-order valence-corrected chi connectivity index (χ4v) is 2.56. The van der Waals surface area contributed by atoms with Crippen molar-refractivity contribution in [2.24, 2.45) is 0 Å². The molecule has 1 aromatic carbocycles. The number of nitrogens with zero attached hydrogens (tertiary/aromatic N) is 2. The summed E-state index contributed by atoms with van der Waals surface area (Å²) in [7, 11) is 1.67. The summed E-state index contributed by atoms with van der Waals surface area (Å²) in [6.07, 6.45) is 4.12. The molecule has 0 radical (unpaired) electrons. The molecule has 0 bridgehead atoms. The first-order valence-electron chi connectivity index (χ1n) is 7.04. The Balaban J connectivity index is 1.73. The molecule has 1 aliphatic rings. The zero-order chi connectivity index (χ0) is 13.8. The molecule has 1 atom stereocenters. The van der Waals surface area contributed by atoms with Crippen LogP contribution in [0.3, 0.4) is 0 Å². The second-order valence-electron chi connectivity index (χ2n) is 5.04. The van der Waals surface area contributed by atoms with Gasteiger partial charge in [0.05, 0.1) is 13.2 Å². The zero-order valence-electron chi connectivity index (χ0n) is 11.6. The number of hydrogen-bond acceptors (Lipinski definition) is 5. The van der Waals surface area contributed by atoms with Crippen molar-refractivity contribution in [1.82, 2.24) is 15.5 Å². The predicted octanol–water partition coefficient (Wildman–Crippen LogP) is 2.48. The summed E-state index contributed by atoms with van der Waals surface area (Å²) < 4.78 is 10.7. The molecule has 1 saturated heterocycles. The first-order valence-corrected chi connectivity index (χ1v) is 7.04. The molecule has 2 aromatic rings. The number of methoxy groups -OCH3 is 1. The van der Waals surface area contributed by atoms with Gasteiger partial charge in [-0.25, -0.2) is 0 Å². The van der Waals surface area contributed by atoms with E-state index in [2.05, 4.69) is 15.5 Å². The Bertz CT molecular complexity index is 562. The van der Waals surface area contributed by atoms with E-state index in [-0.39, 0.29) is 6.04 Å². The number of piperidine rings is 1. The smallest absolute Gasteiger partial charge is 0.243 e. The van der Waals surface area contributed by atoms with E-state index < -0.39 is 0 Å². The highest BCUT2D eigenvalue weighted by atomic mass is 16.5. The van der Waals surface area contributed by atoms with Crippen LogP contribution in [0.1, 0.15) is 42.6 Å². The Morgan fingerprint density at radius 2 is 2.25 bits per heavy atom. The van der Waals surface area contributed by atoms with E-state index in [1.807, 2.05) is 24.3 Å². The predicted molar refractivity (Wildman–Crippen MR) is 74.7 cm³/mol. The molecule has 20 heavy (non-hydrogen) atoms. The minimum Gasteiger partial charge on any atom is -0.496 e. The monoisotopic (exact) mass is 273 g/mol. The third kappa shape index (κ3) is 2.82. The number of para-hydroxylation sites is 1. The summed E-state index contributed by atoms with van der Waals surface area (Å²) in [5.41, 5.74) is 1.07. The Morgan fingerprint density at radius 1 is 1.35 bits per heavy atom. The maximum Gasteiger partial charge on any atom is 0.243 e. The molecule has 0 aliphatic carbocycles. The first-order chi connectivity index (χ1) is 9.86. The molecule has 1 aliphatic heterocycles. The second-order valence-corrected chi connectivity index (χ2v) is 5.04. The number of aromatic nitrogens is 2. The van der Waals surface area contributed by atoms with Crippen LogP contribution in [0.4, 0.5) is 0 Å². The lowest BCUT2D eigenvalue weighted by molar-refractivity contribution is 0.296. The van der Waals surface area contributed by atoms with Crippen LogP contribution in [-0.2, 0) is 6.42 Å². The van der Waals surface area contributed by atoms with E-state index in [4.69, 9.17) is 9.26 Å². The lowest BCUT2D eigenvalue weighted by atomic mass is 10.1. The normalized spacial score (nSPS) is 18.9. The van der Waals surface area contributed by atoms with Crippen LogP contribution in [0.5, 0.6) is 5.75 Å². The third-order valence-electron chi connectivity index (χ3n) is 3.63. The number of nitrogens with one attached hydrogen (secondary N) is 1. The minimum absolute atomic E-state index is 0.211. The molecule has 0 saturated carbocycles. The average Bonchev–Trinajstić information content (AvgIpc) is 2.97. The highest BCUT2D eigenvalue weighted by Crippen LogP contribution is 2.23. The van der Waals surface area contributed by atoms with Crippen LogP contribution in [0.2, 0.25) is 0 Å². The Kier molecular flexibility index (Phi) is 3.97. The SMILES string of the molecule is COc1ccccc1Cc1noc(C2CCCCN2)n1. The van der Waals surface area contributed by atoms with E-state index in [0.29, 0.717) is 18.1 Å². The highest BCUT2D eigenvalue weighted by Gasteiger charge is 2.21. The standard InChI is InChI=1S/C15H19N3O2/c1-19-13-8-3-2-6-11(13)10-14-17-15(20-18-14)12-7-4-5-9-16-12/h2-3,6,8,12,16H,4-5,7,9-10H2,1H3. The lowest BCUT2D eigenvalue weighted by Gasteiger charge is -2.19. The lowest BCUT2D eigenvalue weighted by Crippen LogP contribution is -2.27.